The van der Waals surface area contributed by atoms with Crippen molar-refractivity contribution in [3.63, 3.8) is 0 Å². The standard InChI is InChI=1S/C11H9BrO3S/c1-15-11(14)10-9(13)8-4-7(12)3-2-6(8)5-16-10/h2-4,10H,5H2,1H3/t10-/m0/s1. The quantitative estimate of drug-likeness (QED) is 0.590. The van der Waals surface area contributed by atoms with Crippen molar-refractivity contribution in [1.29, 1.82) is 0 Å². The number of ketones is 1. The molecule has 0 bridgehead atoms. The van der Waals surface area contributed by atoms with Crippen LogP contribution in [0, 0.1) is 0 Å². The van der Waals surface area contributed by atoms with Crippen molar-refractivity contribution in [2.75, 3.05) is 7.11 Å². The summed E-state index contributed by atoms with van der Waals surface area (Å²) in [6.07, 6.45) is 0. The van der Waals surface area contributed by atoms with Crippen molar-refractivity contribution < 1.29 is 14.3 Å². The van der Waals surface area contributed by atoms with Crippen molar-refractivity contribution in [2.24, 2.45) is 0 Å². The molecule has 1 aromatic rings. The van der Waals surface area contributed by atoms with E-state index in [1.165, 1.54) is 18.9 Å². The molecular formula is C11H9BrO3S. The molecule has 84 valence electrons. The van der Waals surface area contributed by atoms with Gasteiger partial charge in [0.05, 0.1) is 7.11 Å². The molecular weight excluding hydrogens is 292 g/mol. The van der Waals surface area contributed by atoms with Gasteiger partial charge in [0.2, 0.25) is 0 Å². The first-order valence-electron chi connectivity index (χ1n) is 4.65. The zero-order valence-corrected chi connectivity index (χ0v) is 10.9. The van der Waals surface area contributed by atoms with E-state index in [-0.39, 0.29) is 5.78 Å². The Kier molecular flexibility index (Phi) is 3.35. The number of esters is 1. The highest BCUT2D eigenvalue weighted by atomic mass is 79.9. The van der Waals surface area contributed by atoms with E-state index in [1.807, 2.05) is 12.1 Å². The number of benzene rings is 1. The van der Waals surface area contributed by atoms with Gasteiger partial charge in [-0.15, -0.1) is 11.8 Å². The van der Waals surface area contributed by atoms with Crippen molar-refractivity contribution in [2.45, 2.75) is 11.0 Å². The summed E-state index contributed by atoms with van der Waals surface area (Å²) in [6, 6.07) is 5.55. The average Bonchev–Trinajstić information content (AvgIpc) is 2.29. The Labute approximate surface area is 106 Å². The summed E-state index contributed by atoms with van der Waals surface area (Å²) in [5.74, 6) is 0.0220. The molecule has 0 spiro atoms. The van der Waals surface area contributed by atoms with Gasteiger partial charge in [0.25, 0.3) is 0 Å². The lowest BCUT2D eigenvalue weighted by atomic mass is 10.0. The second-order valence-corrected chi connectivity index (χ2v) is 5.39. The molecule has 0 N–H and O–H groups in total. The minimum absolute atomic E-state index is 0.167. The van der Waals surface area contributed by atoms with Gasteiger partial charge >= 0.3 is 5.97 Å². The topological polar surface area (TPSA) is 43.4 Å². The van der Waals surface area contributed by atoms with Crippen LogP contribution < -0.4 is 0 Å². The van der Waals surface area contributed by atoms with Gasteiger partial charge in [-0.1, -0.05) is 22.0 Å². The average molecular weight is 301 g/mol. The third-order valence-electron chi connectivity index (χ3n) is 2.40. The fourth-order valence-corrected chi connectivity index (χ4v) is 3.05. The predicted molar refractivity (Wildman–Crippen MR) is 65.6 cm³/mol. The molecule has 0 saturated carbocycles. The molecule has 0 fully saturated rings. The molecule has 0 radical (unpaired) electrons. The molecule has 3 nitrogen and oxygen atoms in total. The van der Waals surface area contributed by atoms with Gasteiger partial charge in [0.15, 0.2) is 11.0 Å². The summed E-state index contributed by atoms with van der Waals surface area (Å²) >= 11 is 4.63. The fourth-order valence-electron chi connectivity index (χ4n) is 1.58. The molecule has 1 heterocycles. The number of halogens is 1. The lowest BCUT2D eigenvalue weighted by molar-refractivity contribution is -0.138. The third-order valence-corrected chi connectivity index (χ3v) is 4.11. The number of hydrogen-bond acceptors (Lipinski definition) is 4. The van der Waals surface area contributed by atoms with Gasteiger partial charge in [-0.2, -0.15) is 0 Å². The van der Waals surface area contributed by atoms with Crippen LogP contribution in [0.1, 0.15) is 15.9 Å². The summed E-state index contributed by atoms with van der Waals surface area (Å²) in [4.78, 5) is 23.4. The Morgan fingerprint density at radius 2 is 2.31 bits per heavy atom. The van der Waals surface area contributed by atoms with Crippen LogP contribution in [-0.2, 0) is 15.3 Å². The Hall–Kier alpha value is -0.810. The van der Waals surface area contributed by atoms with E-state index >= 15 is 0 Å². The van der Waals surface area contributed by atoms with Gasteiger partial charge in [-0.25, -0.2) is 0 Å². The van der Waals surface area contributed by atoms with Crippen LogP contribution in [0.15, 0.2) is 22.7 Å². The zero-order valence-electron chi connectivity index (χ0n) is 8.53. The number of thioether (sulfide) groups is 1. The molecule has 0 amide bonds. The second kappa shape index (κ2) is 4.59. The maximum atomic E-state index is 12.0. The van der Waals surface area contributed by atoms with E-state index in [0.29, 0.717) is 11.3 Å². The number of carbonyl (C=O) groups is 2. The van der Waals surface area contributed by atoms with Crippen LogP contribution in [0.4, 0.5) is 0 Å². The lowest BCUT2D eigenvalue weighted by Crippen LogP contribution is -2.32. The highest BCUT2D eigenvalue weighted by Crippen LogP contribution is 2.32. The maximum Gasteiger partial charge on any atom is 0.326 e. The number of fused-ring (bicyclic) bond motifs is 1. The number of rotatable bonds is 1. The molecule has 0 aromatic heterocycles. The zero-order chi connectivity index (χ0) is 11.7. The summed E-state index contributed by atoms with van der Waals surface area (Å²) < 4.78 is 5.46. The number of Topliss-reactive ketones (excluding diaryl/α,β-unsaturated/α-hetero) is 1. The Balaban J connectivity index is 2.38. The summed E-state index contributed by atoms with van der Waals surface area (Å²) in [5.41, 5.74) is 1.59. The van der Waals surface area contributed by atoms with Crippen LogP contribution in [0.25, 0.3) is 0 Å². The molecule has 0 saturated heterocycles. The highest BCUT2D eigenvalue weighted by Gasteiger charge is 2.34. The van der Waals surface area contributed by atoms with Crippen molar-refractivity contribution in [3.8, 4) is 0 Å². The Morgan fingerprint density at radius 3 is 3.00 bits per heavy atom. The van der Waals surface area contributed by atoms with E-state index < -0.39 is 11.2 Å². The lowest BCUT2D eigenvalue weighted by Gasteiger charge is -2.21. The van der Waals surface area contributed by atoms with E-state index in [2.05, 4.69) is 20.7 Å². The van der Waals surface area contributed by atoms with Crippen LogP contribution in [0.3, 0.4) is 0 Å². The number of ether oxygens (including phenoxy) is 1. The minimum atomic E-state index is -0.716. The van der Waals surface area contributed by atoms with Crippen LogP contribution in [-0.4, -0.2) is 24.1 Å². The largest absolute Gasteiger partial charge is 0.468 e. The Morgan fingerprint density at radius 1 is 1.56 bits per heavy atom. The molecule has 5 heteroatoms. The van der Waals surface area contributed by atoms with E-state index in [9.17, 15) is 9.59 Å². The second-order valence-electron chi connectivity index (χ2n) is 3.38. The number of carbonyl (C=O) groups excluding carboxylic acids is 2. The predicted octanol–water partition coefficient (Wildman–Crippen LogP) is 2.42. The van der Waals surface area contributed by atoms with Gasteiger partial charge in [0.1, 0.15) is 0 Å². The van der Waals surface area contributed by atoms with Crippen LogP contribution in [0.5, 0.6) is 0 Å². The first-order chi connectivity index (χ1) is 7.63. The number of hydrogen-bond donors (Lipinski definition) is 0. The smallest absolute Gasteiger partial charge is 0.326 e. The molecule has 16 heavy (non-hydrogen) atoms. The Bertz CT molecular complexity index is 459. The summed E-state index contributed by atoms with van der Waals surface area (Å²) in [7, 11) is 1.30. The van der Waals surface area contributed by atoms with Gasteiger partial charge in [0, 0.05) is 15.8 Å². The van der Waals surface area contributed by atoms with E-state index in [1.54, 1.807) is 6.07 Å². The minimum Gasteiger partial charge on any atom is -0.468 e. The normalized spacial score (nSPS) is 19.1. The fraction of sp³-hybridized carbons (Fsp3) is 0.273. The first-order valence-corrected chi connectivity index (χ1v) is 6.49. The van der Waals surface area contributed by atoms with Crippen LogP contribution >= 0.6 is 27.7 Å². The molecule has 1 aromatic carbocycles. The van der Waals surface area contributed by atoms with Crippen molar-refractivity contribution >= 4 is 39.4 Å². The molecule has 1 aliphatic rings. The van der Waals surface area contributed by atoms with Crippen LogP contribution in [0.2, 0.25) is 0 Å². The SMILES string of the molecule is COC(=O)[C@H]1SCc2ccc(Br)cc2C1=O. The summed E-state index contributed by atoms with van der Waals surface area (Å²) in [5, 5.41) is -0.716. The molecule has 1 atom stereocenters. The van der Waals surface area contributed by atoms with Crippen molar-refractivity contribution in [1.82, 2.24) is 0 Å². The van der Waals surface area contributed by atoms with Gasteiger partial charge in [-0.05, 0) is 17.7 Å². The number of methoxy groups -OCH3 is 1. The van der Waals surface area contributed by atoms with Gasteiger partial charge < -0.3 is 4.74 Å². The van der Waals surface area contributed by atoms with Gasteiger partial charge in [-0.3, -0.25) is 9.59 Å². The van der Waals surface area contributed by atoms with Crippen molar-refractivity contribution in [3.05, 3.63) is 33.8 Å². The molecule has 0 unspecified atom stereocenters. The summed E-state index contributed by atoms with van der Waals surface area (Å²) in [6.45, 7) is 0. The third kappa shape index (κ3) is 2.01. The molecule has 2 rings (SSSR count). The molecule has 1 aliphatic heterocycles. The first kappa shape index (κ1) is 11.7. The highest BCUT2D eigenvalue weighted by molar-refractivity contribution is 9.10. The monoisotopic (exact) mass is 300 g/mol. The molecule has 0 aliphatic carbocycles. The van der Waals surface area contributed by atoms with E-state index in [4.69, 9.17) is 0 Å². The maximum absolute atomic E-state index is 12.0. The van der Waals surface area contributed by atoms with E-state index in [0.717, 1.165) is 10.0 Å².